The summed E-state index contributed by atoms with van der Waals surface area (Å²) in [5.74, 6) is 6.42. The minimum Gasteiger partial charge on any atom is -0.336 e. The average molecular weight is 316 g/mol. The van der Waals surface area contributed by atoms with Gasteiger partial charge in [0.25, 0.3) is 0 Å². The van der Waals surface area contributed by atoms with Crippen LogP contribution in [0.15, 0.2) is 35.1 Å². The minimum absolute atomic E-state index is 0.236. The Morgan fingerprint density at radius 3 is 2.88 bits per heavy atom. The van der Waals surface area contributed by atoms with E-state index in [0.717, 1.165) is 15.9 Å². The molecular weight excluding hydrogens is 304 g/mol. The number of halogens is 2. The molecule has 17 heavy (non-hydrogen) atoms. The van der Waals surface area contributed by atoms with Crippen LogP contribution in [-0.4, -0.2) is 9.55 Å². The summed E-state index contributed by atoms with van der Waals surface area (Å²) in [5, 5.41) is 0.652. The Hall–Kier alpha value is -0.880. The zero-order valence-corrected chi connectivity index (χ0v) is 11.5. The molecule has 0 amide bonds. The first kappa shape index (κ1) is 12.6. The fourth-order valence-electron chi connectivity index (χ4n) is 1.69. The molecular formula is C11H12BrClN4. The lowest BCUT2D eigenvalue weighted by Crippen LogP contribution is -2.31. The summed E-state index contributed by atoms with van der Waals surface area (Å²) < 4.78 is 2.85. The number of hydrazine groups is 1. The van der Waals surface area contributed by atoms with Gasteiger partial charge in [0.2, 0.25) is 0 Å². The molecule has 0 bridgehead atoms. The van der Waals surface area contributed by atoms with E-state index in [1.807, 2.05) is 36.0 Å². The van der Waals surface area contributed by atoms with Gasteiger partial charge in [-0.1, -0.05) is 27.5 Å². The second-order valence-corrected chi connectivity index (χ2v) is 4.98. The van der Waals surface area contributed by atoms with Crippen molar-refractivity contribution in [3.8, 4) is 0 Å². The van der Waals surface area contributed by atoms with Crippen LogP contribution in [-0.2, 0) is 7.05 Å². The number of aryl methyl sites for hydroxylation is 1. The first-order valence-corrected chi connectivity index (χ1v) is 6.19. The quantitative estimate of drug-likeness (QED) is 0.675. The highest BCUT2D eigenvalue weighted by Crippen LogP contribution is 2.29. The van der Waals surface area contributed by atoms with E-state index in [1.54, 1.807) is 6.20 Å². The number of imidazole rings is 1. The number of rotatable bonds is 3. The molecule has 2 aromatic rings. The van der Waals surface area contributed by atoms with Crippen molar-refractivity contribution in [2.45, 2.75) is 6.04 Å². The summed E-state index contributed by atoms with van der Waals surface area (Å²) in [6.45, 7) is 0. The van der Waals surface area contributed by atoms with Gasteiger partial charge in [-0.2, -0.15) is 0 Å². The topological polar surface area (TPSA) is 55.9 Å². The average Bonchev–Trinajstić information content (AvgIpc) is 2.71. The molecule has 4 nitrogen and oxygen atoms in total. The Morgan fingerprint density at radius 1 is 1.53 bits per heavy atom. The van der Waals surface area contributed by atoms with Crippen LogP contribution < -0.4 is 11.3 Å². The Balaban J connectivity index is 2.49. The Morgan fingerprint density at radius 2 is 2.29 bits per heavy atom. The molecule has 0 saturated heterocycles. The molecule has 0 radical (unpaired) electrons. The number of aromatic nitrogens is 2. The minimum atomic E-state index is -0.236. The zero-order chi connectivity index (χ0) is 12.4. The fraction of sp³-hybridized carbons (Fsp3) is 0.182. The van der Waals surface area contributed by atoms with Gasteiger partial charge in [-0.05, 0) is 23.8 Å². The lowest BCUT2D eigenvalue weighted by atomic mass is 10.1. The molecule has 3 N–H and O–H groups in total. The molecule has 1 aromatic heterocycles. The molecule has 1 heterocycles. The molecule has 90 valence electrons. The monoisotopic (exact) mass is 314 g/mol. The van der Waals surface area contributed by atoms with E-state index in [2.05, 4.69) is 26.3 Å². The van der Waals surface area contributed by atoms with Crippen LogP contribution in [0.25, 0.3) is 0 Å². The summed E-state index contributed by atoms with van der Waals surface area (Å²) in [5.41, 5.74) is 3.63. The van der Waals surface area contributed by atoms with Crippen molar-refractivity contribution in [3.63, 3.8) is 0 Å². The van der Waals surface area contributed by atoms with E-state index >= 15 is 0 Å². The predicted octanol–water partition coefficient (Wildman–Crippen LogP) is 2.39. The molecule has 1 unspecified atom stereocenters. The van der Waals surface area contributed by atoms with Crippen LogP contribution in [0.5, 0.6) is 0 Å². The first-order valence-electron chi connectivity index (χ1n) is 5.01. The van der Waals surface area contributed by atoms with Crippen LogP contribution in [0, 0.1) is 0 Å². The van der Waals surface area contributed by atoms with Crippen molar-refractivity contribution in [3.05, 3.63) is 51.5 Å². The Labute approximate surface area is 113 Å². The number of hydrogen-bond donors (Lipinski definition) is 2. The summed E-state index contributed by atoms with van der Waals surface area (Å²) in [4.78, 5) is 4.28. The number of nitrogens with one attached hydrogen (secondary N) is 1. The van der Waals surface area contributed by atoms with Gasteiger partial charge in [0.1, 0.15) is 11.9 Å². The van der Waals surface area contributed by atoms with Gasteiger partial charge in [-0.3, -0.25) is 5.84 Å². The van der Waals surface area contributed by atoms with Gasteiger partial charge < -0.3 is 4.57 Å². The maximum atomic E-state index is 6.19. The molecule has 0 aliphatic carbocycles. The molecule has 0 spiro atoms. The largest absolute Gasteiger partial charge is 0.336 e. The molecule has 0 aliphatic heterocycles. The van der Waals surface area contributed by atoms with Gasteiger partial charge in [0.05, 0.1) is 0 Å². The zero-order valence-electron chi connectivity index (χ0n) is 9.19. The number of benzene rings is 1. The van der Waals surface area contributed by atoms with Crippen LogP contribution in [0.3, 0.4) is 0 Å². The maximum Gasteiger partial charge on any atom is 0.131 e. The van der Waals surface area contributed by atoms with Crippen molar-refractivity contribution in [2.75, 3.05) is 0 Å². The van der Waals surface area contributed by atoms with Gasteiger partial charge in [-0.25, -0.2) is 10.4 Å². The van der Waals surface area contributed by atoms with E-state index in [4.69, 9.17) is 17.4 Å². The third-order valence-electron chi connectivity index (χ3n) is 2.55. The second-order valence-electron chi connectivity index (χ2n) is 3.66. The van der Waals surface area contributed by atoms with Crippen molar-refractivity contribution < 1.29 is 0 Å². The standard InChI is InChI=1S/C11H12BrClN4/c1-17-5-4-15-11(17)10(16-14)8-6-7(12)2-3-9(8)13/h2-6,10,16H,14H2,1H3. The maximum absolute atomic E-state index is 6.19. The SMILES string of the molecule is Cn1ccnc1C(NN)c1cc(Br)ccc1Cl. The number of nitrogens with two attached hydrogens (primary N) is 1. The van der Waals surface area contributed by atoms with Gasteiger partial charge in [-0.15, -0.1) is 0 Å². The van der Waals surface area contributed by atoms with E-state index in [1.165, 1.54) is 0 Å². The van der Waals surface area contributed by atoms with Gasteiger partial charge >= 0.3 is 0 Å². The van der Waals surface area contributed by atoms with Crippen molar-refractivity contribution in [1.29, 1.82) is 0 Å². The summed E-state index contributed by atoms with van der Waals surface area (Å²) >= 11 is 9.61. The highest BCUT2D eigenvalue weighted by molar-refractivity contribution is 9.10. The van der Waals surface area contributed by atoms with E-state index in [-0.39, 0.29) is 6.04 Å². The van der Waals surface area contributed by atoms with Crippen molar-refractivity contribution >= 4 is 27.5 Å². The van der Waals surface area contributed by atoms with Crippen molar-refractivity contribution in [2.24, 2.45) is 12.9 Å². The first-order chi connectivity index (χ1) is 8.13. The molecule has 1 atom stereocenters. The molecule has 6 heteroatoms. The van der Waals surface area contributed by atoms with Crippen LogP contribution in [0.2, 0.25) is 5.02 Å². The summed E-state index contributed by atoms with van der Waals surface area (Å²) in [6, 6.07) is 5.41. The lowest BCUT2D eigenvalue weighted by Gasteiger charge is -2.17. The summed E-state index contributed by atoms with van der Waals surface area (Å²) in [6.07, 6.45) is 3.59. The number of hydrogen-bond acceptors (Lipinski definition) is 3. The highest BCUT2D eigenvalue weighted by Gasteiger charge is 2.19. The highest BCUT2D eigenvalue weighted by atomic mass is 79.9. The molecule has 2 rings (SSSR count). The van der Waals surface area contributed by atoms with E-state index in [9.17, 15) is 0 Å². The second kappa shape index (κ2) is 5.18. The van der Waals surface area contributed by atoms with Crippen LogP contribution >= 0.6 is 27.5 Å². The Bertz CT molecular complexity index is 526. The lowest BCUT2D eigenvalue weighted by molar-refractivity contribution is 0.580. The molecule has 0 saturated carbocycles. The number of nitrogens with zero attached hydrogens (tertiary/aromatic N) is 2. The van der Waals surface area contributed by atoms with Crippen LogP contribution in [0.4, 0.5) is 0 Å². The third kappa shape index (κ3) is 2.52. The third-order valence-corrected chi connectivity index (χ3v) is 3.39. The van der Waals surface area contributed by atoms with Crippen LogP contribution in [0.1, 0.15) is 17.4 Å². The van der Waals surface area contributed by atoms with Crippen molar-refractivity contribution in [1.82, 2.24) is 15.0 Å². The smallest absolute Gasteiger partial charge is 0.131 e. The Kier molecular flexibility index (Phi) is 3.83. The van der Waals surface area contributed by atoms with E-state index in [0.29, 0.717) is 5.02 Å². The molecule has 1 aromatic carbocycles. The van der Waals surface area contributed by atoms with Gasteiger partial charge in [0.15, 0.2) is 0 Å². The normalized spacial score (nSPS) is 12.7. The predicted molar refractivity (Wildman–Crippen MR) is 71.5 cm³/mol. The molecule has 0 aliphatic rings. The fourth-order valence-corrected chi connectivity index (χ4v) is 2.30. The van der Waals surface area contributed by atoms with E-state index < -0.39 is 0 Å². The molecule has 0 fully saturated rings. The van der Waals surface area contributed by atoms with Gasteiger partial charge in [0, 0.05) is 28.9 Å². The summed E-state index contributed by atoms with van der Waals surface area (Å²) in [7, 11) is 1.92.